The van der Waals surface area contributed by atoms with Crippen molar-refractivity contribution in [3.63, 3.8) is 0 Å². The van der Waals surface area contributed by atoms with Gasteiger partial charge in [0.15, 0.2) is 6.61 Å². The number of nitrogens with one attached hydrogen (secondary N) is 1. The molecule has 0 saturated carbocycles. The first-order valence-electron chi connectivity index (χ1n) is 8.72. The average molecular weight is 355 g/mol. The summed E-state index contributed by atoms with van der Waals surface area (Å²) in [5, 5.41) is 3.07. The quantitative estimate of drug-likeness (QED) is 0.886. The summed E-state index contributed by atoms with van der Waals surface area (Å²) in [6.07, 6.45) is 0.706. The number of fused-ring (bicyclic) bond motifs is 1. The van der Waals surface area contributed by atoms with Crippen LogP contribution in [0.4, 0.5) is 0 Å². The normalized spacial score (nSPS) is 17.6. The van der Waals surface area contributed by atoms with Crippen LogP contribution >= 0.6 is 0 Å². The van der Waals surface area contributed by atoms with Crippen molar-refractivity contribution in [3.8, 4) is 17.2 Å². The fourth-order valence-corrected chi connectivity index (χ4v) is 3.14. The molecule has 1 N–H and O–H groups in total. The number of methoxy groups -OCH3 is 1. The average Bonchev–Trinajstić information content (AvgIpc) is 2.59. The third kappa shape index (κ3) is 4.28. The van der Waals surface area contributed by atoms with Gasteiger partial charge in [-0.1, -0.05) is 12.1 Å². The van der Waals surface area contributed by atoms with Gasteiger partial charge in [-0.05, 0) is 56.7 Å². The zero-order valence-corrected chi connectivity index (χ0v) is 15.7. The Labute approximate surface area is 154 Å². The minimum atomic E-state index is -0.338. The Kier molecular flexibility index (Phi) is 5.07. The highest BCUT2D eigenvalue weighted by Gasteiger charge is 2.34. The first-order valence-corrected chi connectivity index (χ1v) is 8.72. The predicted molar refractivity (Wildman–Crippen MR) is 99.9 cm³/mol. The lowest BCUT2D eigenvalue weighted by Gasteiger charge is -2.38. The van der Waals surface area contributed by atoms with E-state index < -0.39 is 0 Å². The van der Waals surface area contributed by atoms with Crippen LogP contribution < -0.4 is 19.5 Å². The molecule has 1 atom stereocenters. The molecule has 1 heterocycles. The second-order valence-corrected chi connectivity index (χ2v) is 7.19. The number of rotatable bonds is 5. The minimum absolute atomic E-state index is 0.0364. The van der Waals surface area contributed by atoms with Crippen molar-refractivity contribution in [2.24, 2.45) is 0 Å². The summed E-state index contributed by atoms with van der Waals surface area (Å²) in [6, 6.07) is 13.1. The highest BCUT2D eigenvalue weighted by Crippen LogP contribution is 2.39. The van der Waals surface area contributed by atoms with Crippen molar-refractivity contribution in [2.45, 2.75) is 38.8 Å². The molecule has 5 heteroatoms. The molecule has 1 aliphatic rings. The maximum Gasteiger partial charge on any atom is 0.258 e. The zero-order valence-electron chi connectivity index (χ0n) is 15.7. The number of ether oxygens (including phenoxy) is 3. The van der Waals surface area contributed by atoms with Crippen molar-refractivity contribution >= 4 is 5.91 Å². The molecule has 2 aromatic rings. The van der Waals surface area contributed by atoms with E-state index in [0.29, 0.717) is 12.2 Å². The molecule has 0 aromatic heterocycles. The fraction of sp³-hybridized carbons (Fsp3) is 0.381. The maximum absolute atomic E-state index is 12.4. The van der Waals surface area contributed by atoms with Crippen molar-refractivity contribution in [1.82, 2.24) is 5.32 Å². The minimum Gasteiger partial charge on any atom is -0.497 e. The van der Waals surface area contributed by atoms with Crippen molar-refractivity contribution in [1.29, 1.82) is 0 Å². The molecule has 0 spiro atoms. The van der Waals surface area contributed by atoms with Gasteiger partial charge in [-0.3, -0.25) is 4.79 Å². The first kappa shape index (κ1) is 18.1. The van der Waals surface area contributed by atoms with Gasteiger partial charge in [-0.2, -0.15) is 0 Å². The summed E-state index contributed by atoms with van der Waals surface area (Å²) in [4.78, 5) is 12.4. The Morgan fingerprint density at radius 1 is 1.19 bits per heavy atom. The monoisotopic (exact) mass is 355 g/mol. The van der Waals surface area contributed by atoms with Gasteiger partial charge >= 0.3 is 0 Å². The molecule has 0 unspecified atom stereocenters. The van der Waals surface area contributed by atoms with Gasteiger partial charge in [0.05, 0.1) is 13.2 Å². The summed E-state index contributed by atoms with van der Waals surface area (Å²) in [6.45, 7) is 6.06. The van der Waals surface area contributed by atoms with Gasteiger partial charge < -0.3 is 19.5 Å². The van der Waals surface area contributed by atoms with E-state index in [1.807, 2.05) is 39.0 Å². The van der Waals surface area contributed by atoms with Crippen LogP contribution in [0.2, 0.25) is 0 Å². The molecule has 26 heavy (non-hydrogen) atoms. The Bertz CT molecular complexity index is 783. The Balaban J connectivity index is 1.65. The maximum atomic E-state index is 12.4. The van der Waals surface area contributed by atoms with E-state index in [-0.39, 0.29) is 24.2 Å². The van der Waals surface area contributed by atoms with E-state index in [4.69, 9.17) is 14.2 Å². The smallest absolute Gasteiger partial charge is 0.258 e. The van der Waals surface area contributed by atoms with Crippen LogP contribution in [-0.2, 0) is 4.79 Å². The molecule has 0 bridgehead atoms. The van der Waals surface area contributed by atoms with Crippen molar-refractivity contribution in [2.75, 3.05) is 13.7 Å². The first-order chi connectivity index (χ1) is 12.4. The Morgan fingerprint density at radius 3 is 2.58 bits per heavy atom. The lowest BCUT2D eigenvalue weighted by atomic mass is 9.89. The largest absolute Gasteiger partial charge is 0.497 e. The summed E-state index contributed by atoms with van der Waals surface area (Å²) in [5.74, 6) is 2.06. The second kappa shape index (κ2) is 7.28. The molecule has 1 amide bonds. The molecular formula is C21H25NO4. The number of hydrogen-bond donors (Lipinski definition) is 1. The number of hydrogen-bond acceptors (Lipinski definition) is 4. The number of aryl methyl sites for hydroxylation is 1. The fourth-order valence-electron chi connectivity index (χ4n) is 3.14. The topological polar surface area (TPSA) is 56.8 Å². The lowest BCUT2D eigenvalue weighted by Crippen LogP contribution is -2.42. The SMILES string of the molecule is COc1ccc(OCC(=O)N[C@H]2CC(C)(C)Oc3cc(C)ccc32)cc1. The molecule has 3 rings (SSSR count). The molecule has 1 aliphatic heterocycles. The molecule has 2 aromatic carbocycles. The van der Waals surface area contributed by atoms with Crippen molar-refractivity contribution < 1.29 is 19.0 Å². The second-order valence-electron chi connectivity index (χ2n) is 7.19. The molecular weight excluding hydrogens is 330 g/mol. The van der Waals surface area contributed by atoms with Gasteiger partial charge in [-0.15, -0.1) is 0 Å². The van der Waals surface area contributed by atoms with E-state index >= 15 is 0 Å². The summed E-state index contributed by atoms with van der Waals surface area (Å²) >= 11 is 0. The summed E-state index contributed by atoms with van der Waals surface area (Å²) < 4.78 is 16.7. The number of carbonyl (C=O) groups excluding carboxylic acids is 1. The standard InChI is InChI=1S/C21H25NO4/c1-14-5-10-17-18(12-21(2,3)26-19(17)11-14)22-20(23)13-25-16-8-6-15(24-4)7-9-16/h5-11,18H,12-13H2,1-4H3,(H,22,23)/t18-/m0/s1. The molecule has 138 valence electrons. The van der Waals surface area contributed by atoms with Crippen molar-refractivity contribution in [3.05, 3.63) is 53.6 Å². The van der Waals surface area contributed by atoms with Gasteiger partial charge in [0, 0.05) is 12.0 Å². The van der Waals surface area contributed by atoms with Crippen LogP contribution in [0.1, 0.15) is 37.4 Å². The van der Waals surface area contributed by atoms with Crippen LogP contribution in [0.15, 0.2) is 42.5 Å². The van der Waals surface area contributed by atoms with E-state index in [2.05, 4.69) is 5.32 Å². The predicted octanol–water partition coefficient (Wildman–Crippen LogP) is 3.80. The van der Waals surface area contributed by atoms with Crippen LogP contribution in [0.3, 0.4) is 0 Å². The molecule has 0 saturated heterocycles. The van der Waals surface area contributed by atoms with Gasteiger partial charge in [0.1, 0.15) is 22.8 Å². The van der Waals surface area contributed by atoms with Crippen LogP contribution in [0.25, 0.3) is 0 Å². The van der Waals surface area contributed by atoms with Crippen LogP contribution in [-0.4, -0.2) is 25.2 Å². The number of amides is 1. The Hall–Kier alpha value is -2.69. The molecule has 5 nitrogen and oxygen atoms in total. The summed E-state index contributed by atoms with van der Waals surface area (Å²) in [7, 11) is 1.61. The van der Waals surface area contributed by atoms with Gasteiger partial charge in [0.25, 0.3) is 5.91 Å². The summed E-state index contributed by atoms with van der Waals surface area (Å²) in [5.41, 5.74) is 1.80. The zero-order chi connectivity index (χ0) is 18.7. The third-order valence-corrected chi connectivity index (χ3v) is 4.39. The number of carbonyl (C=O) groups is 1. The van der Waals surface area contributed by atoms with E-state index in [1.165, 1.54) is 0 Å². The van der Waals surface area contributed by atoms with E-state index in [0.717, 1.165) is 22.6 Å². The van der Waals surface area contributed by atoms with Gasteiger partial charge in [0.2, 0.25) is 0 Å². The Morgan fingerprint density at radius 2 is 1.88 bits per heavy atom. The number of benzene rings is 2. The molecule has 0 radical (unpaired) electrons. The van der Waals surface area contributed by atoms with E-state index in [9.17, 15) is 4.79 Å². The molecule has 0 fully saturated rings. The highest BCUT2D eigenvalue weighted by molar-refractivity contribution is 5.78. The van der Waals surface area contributed by atoms with Crippen LogP contribution in [0, 0.1) is 6.92 Å². The van der Waals surface area contributed by atoms with E-state index in [1.54, 1.807) is 31.4 Å². The molecule has 0 aliphatic carbocycles. The highest BCUT2D eigenvalue weighted by atomic mass is 16.5. The van der Waals surface area contributed by atoms with Gasteiger partial charge in [-0.25, -0.2) is 0 Å². The third-order valence-electron chi connectivity index (χ3n) is 4.39. The van der Waals surface area contributed by atoms with Crippen LogP contribution in [0.5, 0.6) is 17.2 Å². The lowest BCUT2D eigenvalue weighted by molar-refractivity contribution is -0.124.